The van der Waals surface area contributed by atoms with Gasteiger partial charge < -0.3 is 22.7 Å². The van der Waals surface area contributed by atoms with Crippen molar-refractivity contribution in [2.24, 2.45) is 0 Å². The Hall–Kier alpha value is -2.51. The fourth-order valence-electron chi connectivity index (χ4n) is 7.81. The van der Waals surface area contributed by atoms with Crippen LogP contribution in [0.25, 0.3) is 0 Å². The molecule has 4 bridgehead atoms. The molecule has 196 valence electrons. The average molecular weight is 505 g/mol. The zero-order valence-electron chi connectivity index (χ0n) is 22.4. The summed E-state index contributed by atoms with van der Waals surface area (Å²) in [5.74, 6) is -0.136. The van der Waals surface area contributed by atoms with Crippen molar-refractivity contribution in [2.45, 2.75) is 19.6 Å². The highest BCUT2D eigenvalue weighted by molar-refractivity contribution is 5.71. The molecule has 37 heavy (non-hydrogen) atoms. The number of hydrogen-bond donors (Lipinski definition) is 0. The van der Waals surface area contributed by atoms with Crippen LogP contribution in [0.15, 0.2) is 67.4 Å². The van der Waals surface area contributed by atoms with Crippen LogP contribution in [0.2, 0.25) is 0 Å². The number of ether oxygens (including phenoxy) is 1. The van der Waals surface area contributed by atoms with Gasteiger partial charge in [-0.2, -0.15) is 0 Å². The number of fused-ring (bicyclic) bond motifs is 6. The molecule has 0 aromatic heterocycles. The first kappa shape index (κ1) is 24.8. The molecule has 6 nitrogen and oxygen atoms in total. The number of esters is 1. The van der Waals surface area contributed by atoms with Gasteiger partial charge in [0.2, 0.25) is 0 Å². The first-order chi connectivity index (χ1) is 17.9. The number of hydrogen-bond acceptors (Lipinski definition) is 2. The smallest absolute Gasteiger partial charge is 0.366 e. The van der Waals surface area contributed by atoms with Gasteiger partial charge in [-0.05, 0) is 6.07 Å². The molecular formula is C31H44N4O2+4. The van der Waals surface area contributed by atoms with Crippen LogP contribution in [0, 0.1) is 0 Å². The van der Waals surface area contributed by atoms with Crippen LogP contribution < -0.4 is 0 Å². The maximum Gasteiger partial charge on any atom is 0.366 e. The van der Waals surface area contributed by atoms with Gasteiger partial charge in [0.25, 0.3) is 0 Å². The summed E-state index contributed by atoms with van der Waals surface area (Å²) in [6.45, 7) is 22.1. The minimum atomic E-state index is -0.136. The first-order valence-corrected chi connectivity index (χ1v) is 14.3. The van der Waals surface area contributed by atoms with E-state index in [0.29, 0.717) is 6.54 Å². The van der Waals surface area contributed by atoms with E-state index in [0.717, 1.165) is 50.3 Å². The highest BCUT2D eigenvalue weighted by atomic mass is 16.5. The summed E-state index contributed by atoms with van der Waals surface area (Å²) >= 11 is 0. The number of benzene rings is 2. The predicted molar refractivity (Wildman–Crippen MR) is 145 cm³/mol. The largest absolute Gasteiger partial charge is 0.431 e. The standard InChI is InChI=1S/C31H44N4O2/c1-2-37-31(36)27-35-20-17-34(18-21-35,19-22-35)26-30-10-6-9-29(23-30)25-33-14-11-32(12-15-33,13-16-33)24-28-7-4-3-5-8-28/h2-10,23H,1,11-22,24-27H2/q+4. The van der Waals surface area contributed by atoms with Crippen LogP contribution in [0.5, 0.6) is 0 Å². The fourth-order valence-corrected chi connectivity index (χ4v) is 7.81. The van der Waals surface area contributed by atoms with E-state index in [-0.39, 0.29) is 5.97 Å². The molecule has 0 radical (unpaired) electrons. The van der Waals surface area contributed by atoms with Crippen LogP contribution in [-0.4, -0.2) is 109 Å². The maximum absolute atomic E-state index is 12.1. The molecular weight excluding hydrogens is 460 g/mol. The molecule has 6 aliphatic rings. The number of carbonyl (C=O) groups excluding carboxylic acids is 1. The topological polar surface area (TPSA) is 26.3 Å². The number of nitrogens with zero attached hydrogens (tertiary/aromatic N) is 4. The van der Waals surface area contributed by atoms with E-state index < -0.39 is 0 Å². The third-order valence-electron chi connectivity index (χ3n) is 10.4. The molecule has 2 aromatic rings. The van der Waals surface area contributed by atoms with Crippen LogP contribution in [-0.2, 0) is 29.2 Å². The molecule has 6 saturated heterocycles. The summed E-state index contributed by atoms with van der Waals surface area (Å²) in [5.41, 5.74) is 4.51. The molecule has 6 aliphatic heterocycles. The summed E-state index contributed by atoms with van der Waals surface area (Å²) < 4.78 is 9.68. The predicted octanol–water partition coefficient (Wildman–Crippen LogP) is 2.90. The zero-order valence-corrected chi connectivity index (χ0v) is 22.4. The highest BCUT2D eigenvalue weighted by Gasteiger charge is 2.51. The Kier molecular flexibility index (Phi) is 6.48. The van der Waals surface area contributed by atoms with Crippen LogP contribution in [0.1, 0.15) is 16.7 Å². The Morgan fingerprint density at radius 1 is 0.622 bits per heavy atom. The summed E-state index contributed by atoms with van der Waals surface area (Å²) in [4.78, 5) is 12.1. The van der Waals surface area contributed by atoms with E-state index in [1.54, 1.807) is 0 Å². The van der Waals surface area contributed by atoms with Gasteiger partial charge in [-0.15, -0.1) is 0 Å². The monoisotopic (exact) mass is 504 g/mol. The molecule has 0 N–H and O–H groups in total. The minimum Gasteiger partial charge on any atom is -0.431 e. The molecule has 0 saturated carbocycles. The molecule has 0 amide bonds. The van der Waals surface area contributed by atoms with Gasteiger partial charge in [-0.3, -0.25) is 0 Å². The second-order valence-electron chi connectivity index (χ2n) is 12.6. The van der Waals surface area contributed by atoms with Crippen molar-refractivity contribution in [3.63, 3.8) is 0 Å². The number of piperazine rings is 6. The lowest BCUT2D eigenvalue weighted by atomic mass is 10.0. The Bertz CT molecular complexity index is 1100. The molecule has 6 heterocycles. The molecule has 2 aromatic carbocycles. The quantitative estimate of drug-likeness (QED) is 0.298. The normalized spacial score (nSPS) is 34.3. The Morgan fingerprint density at radius 2 is 1.03 bits per heavy atom. The third-order valence-corrected chi connectivity index (χ3v) is 10.4. The summed E-state index contributed by atoms with van der Waals surface area (Å²) in [6.07, 6.45) is 1.26. The molecule has 8 rings (SSSR count). The van der Waals surface area contributed by atoms with Crippen molar-refractivity contribution in [1.29, 1.82) is 0 Å². The number of carbonyl (C=O) groups is 1. The van der Waals surface area contributed by atoms with Crippen LogP contribution in [0.3, 0.4) is 0 Å². The van der Waals surface area contributed by atoms with Gasteiger partial charge in [0.1, 0.15) is 98.2 Å². The van der Waals surface area contributed by atoms with Gasteiger partial charge in [-0.25, -0.2) is 4.79 Å². The molecule has 0 spiro atoms. The van der Waals surface area contributed by atoms with Crippen LogP contribution >= 0.6 is 0 Å². The average Bonchev–Trinajstić information content (AvgIpc) is 2.92. The minimum absolute atomic E-state index is 0.136. The van der Waals surface area contributed by atoms with Crippen molar-refractivity contribution in [3.05, 3.63) is 84.1 Å². The summed E-state index contributed by atoms with van der Waals surface area (Å²) in [6, 6.07) is 20.6. The van der Waals surface area contributed by atoms with E-state index in [1.165, 1.54) is 88.8 Å². The van der Waals surface area contributed by atoms with Gasteiger partial charge in [-0.1, -0.05) is 55.1 Å². The summed E-state index contributed by atoms with van der Waals surface area (Å²) in [5, 5.41) is 0. The molecule has 0 atom stereocenters. The van der Waals surface area contributed by atoms with Crippen molar-refractivity contribution < 1.29 is 27.5 Å². The van der Waals surface area contributed by atoms with Crippen molar-refractivity contribution in [2.75, 3.05) is 85.1 Å². The SMILES string of the molecule is C=COC(=O)C[N+]12CC[N+](Cc3cccc(C[N+]45CC[N+](Cc6ccccc6)(CC4)CC5)c3)(CC1)CC2. The lowest BCUT2D eigenvalue weighted by Gasteiger charge is -2.55. The van der Waals surface area contributed by atoms with Crippen molar-refractivity contribution in [3.8, 4) is 0 Å². The van der Waals surface area contributed by atoms with E-state index in [2.05, 4.69) is 61.2 Å². The van der Waals surface area contributed by atoms with E-state index in [9.17, 15) is 4.79 Å². The van der Waals surface area contributed by atoms with Gasteiger partial charge in [0.05, 0.1) is 6.26 Å². The lowest BCUT2D eigenvalue weighted by molar-refractivity contribution is -1.09. The van der Waals surface area contributed by atoms with E-state index >= 15 is 0 Å². The fraction of sp³-hybridized carbons (Fsp3) is 0.516. The van der Waals surface area contributed by atoms with Gasteiger partial charge >= 0.3 is 5.97 Å². The van der Waals surface area contributed by atoms with Gasteiger partial charge in [0.15, 0.2) is 6.54 Å². The van der Waals surface area contributed by atoms with Crippen molar-refractivity contribution >= 4 is 5.97 Å². The Labute approximate surface area is 222 Å². The second-order valence-corrected chi connectivity index (χ2v) is 12.6. The summed E-state index contributed by atoms with van der Waals surface area (Å²) in [7, 11) is 0. The van der Waals surface area contributed by atoms with E-state index in [1.807, 2.05) is 0 Å². The number of rotatable bonds is 9. The van der Waals surface area contributed by atoms with Crippen LogP contribution in [0.4, 0.5) is 0 Å². The third kappa shape index (κ3) is 5.13. The highest BCUT2D eigenvalue weighted by Crippen LogP contribution is 2.32. The molecule has 0 aliphatic carbocycles. The van der Waals surface area contributed by atoms with Gasteiger partial charge in [0, 0.05) is 16.7 Å². The first-order valence-electron chi connectivity index (χ1n) is 14.3. The Balaban J connectivity index is 1.06. The zero-order chi connectivity index (χ0) is 25.4. The molecule has 6 heteroatoms. The maximum atomic E-state index is 12.1. The van der Waals surface area contributed by atoms with E-state index in [4.69, 9.17) is 4.74 Å². The van der Waals surface area contributed by atoms with Crippen molar-refractivity contribution in [1.82, 2.24) is 0 Å². The number of quaternary nitrogens is 4. The lowest BCUT2D eigenvalue weighted by Crippen LogP contribution is -2.75. The molecule has 0 unspecified atom stereocenters. The molecule has 6 fully saturated rings. The Morgan fingerprint density at radius 3 is 1.49 bits per heavy atom. The second kappa shape index (κ2) is 9.66.